The third-order valence-electron chi connectivity index (χ3n) is 2.89. The fraction of sp³-hybridized carbons (Fsp3) is 0.500. The van der Waals surface area contributed by atoms with E-state index < -0.39 is 35.7 Å². The highest BCUT2D eigenvalue weighted by atomic mass is 32.2. The summed E-state index contributed by atoms with van der Waals surface area (Å²) < 4.78 is 77.7. The van der Waals surface area contributed by atoms with E-state index in [0.717, 1.165) is 0 Å². The standard InChI is InChI=1S/C14H14F6OS/c1-13(17,18)14(19,20)11(16)10(15)7-8-22-12(21)9-5-3-2-4-6-9/h2-6,10-11H,7-8H2,1H3. The van der Waals surface area contributed by atoms with Gasteiger partial charge in [-0.1, -0.05) is 42.1 Å². The van der Waals surface area contributed by atoms with E-state index >= 15 is 0 Å². The van der Waals surface area contributed by atoms with Crippen LogP contribution in [0.2, 0.25) is 0 Å². The van der Waals surface area contributed by atoms with Crippen LogP contribution >= 0.6 is 11.8 Å². The first-order chi connectivity index (χ1) is 10.1. The van der Waals surface area contributed by atoms with Gasteiger partial charge in [-0.15, -0.1) is 0 Å². The molecule has 2 atom stereocenters. The number of rotatable bonds is 7. The van der Waals surface area contributed by atoms with E-state index in [1.165, 1.54) is 12.1 Å². The molecule has 0 saturated carbocycles. The number of carbonyl (C=O) groups excluding carboxylic acids is 1. The van der Waals surface area contributed by atoms with Crippen molar-refractivity contribution < 1.29 is 31.1 Å². The van der Waals surface area contributed by atoms with E-state index in [-0.39, 0.29) is 12.7 Å². The Bertz CT molecular complexity index is 488. The van der Waals surface area contributed by atoms with E-state index in [0.29, 0.717) is 17.3 Å². The molecule has 1 aromatic carbocycles. The predicted molar refractivity (Wildman–Crippen MR) is 73.2 cm³/mol. The average molecular weight is 344 g/mol. The first kappa shape index (κ1) is 18.9. The number of alkyl halides is 6. The lowest BCUT2D eigenvalue weighted by Gasteiger charge is -2.28. The van der Waals surface area contributed by atoms with E-state index in [2.05, 4.69) is 0 Å². The number of benzene rings is 1. The molecule has 0 aliphatic carbocycles. The molecule has 1 aromatic rings. The van der Waals surface area contributed by atoms with Crippen LogP contribution < -0.4 is 0 Å². The van der Waals surface area contributed by atoms with Crippen molar-refractivity contribution in [1.82, 2.24) is 0 Å². The molecule has 0 spiro atoms. The van der Waals surface area contributed by atoms with E-state index in [1.807, 2.05) is 0 Å². The molecule has 0 aromatic heterocycles. The first-order valence-corrected chi connectivity index (χ1v) is 7.32. The van der Waals surface area contributed by atoms with Gasteiger partial charge in [0.1, 0.15) is 6.17 Å². The molecule has 8 heteroatoms. The normalized spacial score (nSPS) is 15.4. The van der Waals surface area contributed by atoms with Gasteiger partial charge in [0.25, 0.3) is 0 Å². The van der Waals surface area contributed by atoms with E-state index in [9.17, 15) is 31.1 Å². The lowest BCUT2D eigenvalue weighted by molar-refractivity contribution is -0.239. The molecule has 124 valence electrons. The van der Waals surface area contributed by atoms with Crippen molar-refractivity contribution in [2.45, 2.75) is 37.5 Å². The highest BCUT2D eigenvalue weighted by molar-refractivity contribution is 8.14. The number of hydrogen-bond acceptors (Lipinski definition) is 2. The van der Waals surface area contributed by atoms with Gasteiger partial charge >= 0.3 is 11.8 Å². The Morgan fingerprint density at radius 1 is 1.14 bits per heavy atom. The molecule has 0 saturated heterocycles. The summed E-state index contributed by atoms with van der Waals surface area (Å²) in [6, 6.07) is 7.90. The van der Waals surface area contributed by atoms with Crippen LogP contribution in [0, 0.1) is 0 Å². The van der Waals surface area contributed by atoms with Gasteiger partial charge in [-0.25, -0.2) is 17.6 Å². The van der Waals surface area contributed by atoms with Crippen molar-refractivity contribution in [3.8, 4) is 0 Å². The molecule has 0 fully saturated rings. The van der Waals surface area contributed by atoms with Gasteiger partial charge in [0.2, 0.25) is 11.3 Å². The van der Waals surface area contributed by atoms with E-state index in [1.54, 1.807) is 18.2 Å². The lowest BCUT2D eigenvalue weighted by atomic mass is 10.0. The van der Waals surface area contributed by atoms with Gasteiger partial charge in [-0.3, -0.25) is 4.79 Å². The fourth-order valence-corrected chi connectivity index (χ4v) is 2.37. The van der Waals surface area contributed by atoms with Gasteiger partial charge in [0, 0.05) is 18.2 Å². The maximum absolute atomic E-state index is 13.4. The fourth-order valence-electron chi connectivity index (χ4n) is 1.54. The van der Waals surface area contributed by atoms with Crippen LogP contribution in [0.3, 0.4) is 0 Å². The Morgan fingerprint density at radius 2 is 1.68 bits per heavy atom. The highest BCUT2D eigenvalue weighted by Crippen LogP contribution is 2.40. The van der Waals surface area contributed by atoms with Gasteiger partial charge in [0.15, 0.2) is 0 Å². The minimum Gasteiger partial charge on any atom is -0.282 e. The summed E-state index contributed by atoms with van der Waals surface area (Å²) >= 11 is 0.615. The summed E-state index contributed by atoms with van der Waals surface area (Å²) in [4.78, 5) is 11.6. The zero-order chi connectivity index (χ0) is 17.0. The van der Waals surface area contributed by atoms with Crippen molar-refractivity contribution >= 4 is 16.9 Å². The maximum Gasteiger partial charge on any atom is 0.343 e. The minimum atomic E-state index is -5.10. The largest absolute Gasteiger partial charge is 0.343 e. The third kappa shape index (κ3) is 4.66. The van der Waals surface area contributed by atoms with Crippen LogP contribution in [0.15, 0.2) is 30.3 Å². The van der Waals surface area contributed by atoms with Gasteiger partial charge in [-0.05, 0) is 6.42 Å². The molecule has 0 radical (unpaired) electrons. The molecule has 1 nitrogen and oxygen atoms in total. The van der Waals surface area contributed by atoms with Gasteiger partial charge < -0.3 is 0 Å². The van der Waals surface area contributed by atoms with E-state index in [4.69, 9.17) is 0 Å². The second kappa shape index (κ2) is 7.39. The van der Waals surface area contributed by atoms with Crippen LogP contribution in [-0.4, -0.2) is 35.1 Å². The SMILES string of the molecule is CC(F)(F)C(F)(F)C(F)C(F)CCSC(=O)c1ccccc1. The summed E-state index contributed by atoms with van der Waals surface area (Å²) in [7, 11) is 0. The topological polar surface area (TPSA) is 17.1 Å². The molecule has 1 rings (SSSR count). The zero-order valence-corrected chi connectivity index (χ0v) is 12.4. The summed E-state index contributed by atoms with van der Waals surface area (Å²) in [5, 5.41) is -0.434. The zero-order valence-electron chi connectivity index (χ0n) is 11.5. The van der Waals surface area contributed by atoms with Crippen LogP contribution in [0.25, 0.3) is 0 Å². The molecule has 2 unspecified atom stereocenters. The lowest BCUT2D eigenvalue weighted by Crippen LogP contribution is -2.49. The molecule has 0 heterocycles. The average Bonchev–Trinajstić information content (AvgIpc) is 2.45. The Hall–Kier alpha value is -1.18. The molecule has 0 amide bonds. The first-order valence-electron chi connectivity index (χ1n) is 6.33. The second-order valence-electron chi connectivity index (χ2n) is 4.72. The van der Waals surface area contributed by atoms with Crippen molar-refractivity contribution in [3.63, 3.8) is 0 Å². The molecule has 0 bridgehead atoms. The summed E-state index contributed by atoms with van der Waals surface area (Å²) in [6.07, 6.45) is -7.17. The molecular formula is C14H14F6OS. The van der Waals surface area contributed by atoms with Crippen molar-refractivity contribution in [1.29, 1.82) is 0 Å². The van der Waals surface area contributed by atoms with Crippen LogP contribution in [-0.2, 0) is 0 Å². The quantitative estimate of drug-likeness (QED) is 0.653. The smallest absolute Gasteiger partial charge is 0.282 e. The van der Waals surface area contributed by atoms with Crippen LogP contribution in [0.4, 0.5) is 26.3 Å². The van der Waals surface area contributed by atoms with Crippen molar-refractivity contribution in [2.75, 3.05) is 5.75 Å². The summed E-state index contributed by atoms with van der Waals surface area (Å²) in [5.74, 6) is -10.1. The molecule has 0 aliphatic heterocycles. The molecular weight excluding hydrogens is 330 g/mol. The second-order valence-corrected chi connectivity index (χ2v) is 5.79. The minimum absolute atomic E-state index is 0.167. The molecule has 0 N–H and O–H groups in total. The van der Waals surface area contributed by atoms with Crippen LogP contribution in [0.5, 0.6) is 0 Å². The monoisotopic (exact) mass is 344 g/mol. The Labute approximate surface area is 128 Å². The number of carbonyl (C=O) groups is 1. The Kier molecular flexibility index (Phi) is 6.34. The van der Waals surface area contributed by atoms with Gasteiger partial charge in [-0.2, -0.15) is 8.78 Å². The Balaban J connectivity index is 2.50. The Morgan fingerprint density at radius 3 is 2.18 bits per heavy atom. The molecule has 0 aliphatic rings. The summed E-state index contributed by atoms with van der Waals surface area (Å²) in [5.41, 5.74) is 0.324. The van der Waals surface area contributed by atoms with Crippen molar-refractivity contribution in [3.05, 3.63) is 35.9 Å². The van der Waals surface area contributed by atoms with Crippen molar-refractivity contribution in [2.24, 2.45) is 0 Å². The number of halogens is 6. The number of hydrogen-bond donors (Lipinski definition) is 0. The predicted octanol–water partition coefficient (Wildman–Crippen LogP) is 4.92. The highest BCUT2D eigenvalue weighted by Gasteiger charge is 2.60. The summed E-state index contributed by atoms with van der Waals surface area (Å²) in [6.45, 7) is -0.167. The molecule has 22 heavy (non-hydrogen) atoms. The maximum atomic E-state index is 13.4. The van der Waals surface area contributed by atoms with Crippen LogP contribution in [0.1, 0.15) is 23.7 Å². The van der Waals surface area contributed by atoms with Gasteiger partial charge in [0.05, 0.1) is 0 Å². The third-order valence-corrected chi connectivity index (χ3v) is 3.82. The number of thioether (sulfide) groups is 1.